The lowest BCUT2D eigenvalue weighted by Gasteiger charge is -2.29. The molecule has 0 aromatic heterocycles. The topological polar surface area (TPSA) is 64.3 Å². The van der Waals surface area contributed by atoms with Crippen LogP contribution in [0.15, 0.2) is 18.2 Å². The fourth-order valence-corrected chi connectivity index (χ4v) is 2.24. The van der Waals surface area contributed by atoms with Gasteiger partial charge in [-0.05, 0) is 32.4 Å². The average Bonchev–Trinajstić information content (AvgIpc) is 2.62. The van der Waals surface area contributed by atoms with Crippen LogP contribution in [0.1, 0.15) is 30.6 Å². The van der Waals surface area contributed by atoms with Gasteiger partial charge in [-0.25, -0.2) is 0 Å². The van der Waals surface area contributed by atoms with Gasteiger partial charge in [0.25, 0.3) is 5.91 Å². The predicted octanol–water partition coefficient (Wildman–Crippen LogP) is 2.22. The van der Waals surface area contributed by atoms with Crippen molar-refractivity contribution in [1.29, 1.82) is 0 Å². The van der Waals surface area contributed by atoms with Gasteiger partial charge in [0, 0.05) is 6.61 Å². The van der Waals surface area contributed by atoms with Gasteiger partial charge < -0.3 is 15.8 Å². The summed E-state index contributed by atoms with van der Waals surface area (Å²) in [5, 5.41) is 3.38. The Morgan fingerprint density at radius 2 is 2.33 bits per heavy atom. The van der Waals surface area contributed by atoms with Crippen molar-refractivity contribution in [3.63, 3.8) is 0 Å². The molecule has 0 spiro atoms. The molecule has 0 radical (unpaired) electrons. The van der Waals surface area contributed by atoms with Crippen molar-refractivity contribution in [3.8, 4) is 0 Å². The van der Waals surface area contributed by atoms with Crippen LogP contribution < -0.4 is 11.1 Å². The summed E-state index contributed by atoms with van der Waals surface area (Å²) in [5.74, 6) is -0.213. The second-order valence-electron chi connectivity index (χ2n) is 4.84. The van der Waals surface area contributed by atoms with Crippen LogP contribution in [0.4, 0.5) is 5.69 Å². The first-order valence-corrected chi connectivity index (χ1v) is 6.30. The van der Waals surface area contributed by atoms with Gasteiger partial charge in [0.05, 0.1) is 27.9 Å². The number of benzene rings is 1. The van der Waals surface area contributed by atoms with Gasteiger partial charge in [-0.15, -0.1) is 0 Å². The van der Waals surface area contributed by atoms with E-state index in [9.17, 15) is 4.79 Å². The van der Waals surface area contributed by atoms with Gasteiger partial charge in [-0.1, -0.05) is 17.7 Å². The highest BCUT2D eigenvalue weighted by atomic mass is 35.5. The quantitative estimate of drug-likeness (QED) is 0.809. The lowest BCUT2D eigenvalue weighted by molar-refractivity contribution is 0.0728. The summed E-state index contributed by atoms with van der Waals surface area (Å²) in [6, 6.07) is 5.04. The zero-order chi connectivity index (χ0) is 13.3. The fraction of sp³-hybridized carbons (Fsp3) is 0.462. The number of hydrogen-bond acceptors (Lipinski definition) is 3. The Hall–Kier alpha value is -1.26. The molecule has 98 valence electrons. The zero-order valence-electron chi connectivity index (χ0n) is 10.5. The Morgan fingerprint density at radius 3 is 2.94 bits per heavy atom. The summed E-state index contributed by atoms with van der Waals surface area (Å²) >= 11 is 5.91. The molecule has 1 heterocycles. The first-order chi connectivity index (χ1) is 8.44. The Labute approximate surface area is 111 Å². The highest BCUT2D eigenvalue weighted by Gasteiger charge is 2.38. The van der Waals surface area contributed by atoms with Gasteiger partial charge in [0.1, 0.15) is 0 Å². The second-order valence-corrected chi connectivity index (χ2v) is 5.24. The number of hydrogen-bond donors (Lipinski definition) is 2. The van der Waals surface area contributed by atoms with E-state index in [4.69, 9.17) is 22.1 Å². The van der Waals surface area contributed by atoms with Crippen molar-refractivity contribution < 1.29 is 9.53 Å². The minimum atomic E-state index is -0.355. The molecule has 1 fully saturated rings. The number of amides is 1. The molecule has 1 aromatic rings. The molecule has 18 heavy (non-hydrogen) atoms. The number of halogens is 1. The van der Waals surface area contributed by atoms with Crippen molar-refractivity contribution >= 4 is 23.2 Å². The number of anilines is 1. The number of para-hydroxylation sites is 1. The molecule has 1 aliphatic heterocycles. The van der Waals surface area contributed by atoms with Crippen molar-refractivity contribution in [2.24, 2.45) is 0 Å². The van der Waals surface area contributed by atoms with Crippen molar-refractivity contribution in [2.75, 3.05) is 12.3 Å². The molecule has 0 bridgehead atoms. The predicted molar refractivity (Wildman–Crippen MR) is 71.8 cm³/mol. The summed E-state index contributed by atoms with van der Waals surface area (Å²) < 4.78 is 5.49. The van der Waals surface area contributed by atoms with E-state index in [1.54, 1.807) is 18.2 Å². The lowest BCUT2D eigenvalue weighted by atomic mass is 9.94. The van der Waals surface area contributed by atoms with Gasteiger partial charge >= 0.3 is 0 Å². The molecule has 1 aromatic carbocycles. The standard InChI is InChI=1S/C13H17ClN2O2/c1-8-13(2,6-7-18-8)16-12(17)9-4-3-5-10(14)11(9)15/h3-5,8H,6-7,15H2,1-2H3,(H,16,17). The minimum Gasteiger partial charge on any atom is -0.397 e. The molecular weight excluding hydrogens is 252 g/mol. The van der Waals surface area contributed by atoms with E-state index in [0.29, 0.717) is 22.9 Å². The molecule has 0 aliphatic carbocycles. The Morgan fingerprint density at radius 1 is 1.61 bits per heavy atom. The number of nitrogen functional groups attached to an aromatic ring is 1. The number of ether oxygens (including phenoxy) is 1. The number of nitrogens with two attached hydrogens (primary N) is 1. The zero-order valence-corrected chi connectivity index (χ0v) is 11.3. The number of nitrogens with one attached hydrogen (secondary N) is 1. The molecule has 5 heteroatoms. The summed E-state index contributed by atoms with van der Waals surface area (Å²) in [5.41, 5.74) is 6.17. The van der Waals surface area contributed by atoms with Crippen LogP contribution >= 0.6 is 11.6 Å². The normalized spacial score (nSPS) is 27.2. The Kier molecular flexibility index (Phi) is 3.50. The molecule has 2 atom stereocenters. The smallest absolute Gasteiger partial charge is 0.253 e. The SMILES string of the molecule is CC1OCCC1(C)NC(=O)c1cccc(Cl)c1N. The maximum absolute atomic E-state index is 12.2. The second kappa shape index (κ2) is 4.78. The summed E-state index contributed by atoms with van der Waals surface area (Å²) in [4.78, 5) is 12.2. The Bertz CT molecular complexity index is 478. The van der Waals surface area contributed by atoms with E-state index in [0.717, 1.165) is 6.42 Å². The molecule has 1 amide bonds. The van der Waals surface area contributed by atoms with Crippen molar-refractivity contribution in [2.45, 2.75) is 31.9 Å². The van der Waals surface area contributed by atoms with Crippen LogP contribution in [-0.4, -0.2) is 24.2 Å². The van der Waals surface area contributed by atoms with Gasteiger partial charge in [0.2, 0.25) is 0 Å². The van der Waals surface area contributed by atoms with Gasteiger partial charge in [-0.3, -0.25) is 4.79 Å². The van der Waals surface area contributed by atoms with E-state index in [2.05, 4.69) is 5.32 Å². The van der Waals surface area contributed by atoms with E-state index >= 15 is 0 Å². The molecule has 0 saturated carbocycles. The average molecular weight is 269 g/mol. The molecular formula is C13H17ClN2O2. The van der Waals surface area contributed by atoms with E-state index < -0.39 is 0 Å². The van der Waals surface area contributed by atoms with Crippen molar-refractivity contribution in [3.05, 3.63) is 28.8 Å². The van der Waals surface area contributed by atoms with E-state index in [1.165, 1.54) is 0 Å². The largest absolute Gasteiger partial charge is 0.397 e. The van der Waals surface area contributed by atoms with Crippen LogP contribution in [0.5, 0.6) is 0 Å². The van der Waals surface area contributed by atoms with Gasteiger partial charge in [0.15, 0.2) is 0 Å². The highest BCUT2D eigenvalue weighted by Crippen LogP contribution is 2.27. The van der Waals surface area contributed by atoms with Crippen LogP contribution in [-0.2, 0) is 4.74 Å². The fourth-order valence-electron chi connectivity index (χ4n) is 2.06. The Balaban J connectivity index is 2.20. The maximum Gasteiger partial charge on any atom is 0.253 e. The molecule has 2 unspecified atom stereocenters. The van der Waals surface area contributed by atoms with Gasteiger partial charge in [-0.2, -0.15) is 0 Å². The third-order valence-electron chi connectivity index (χ3n) is 3.58. The molecule has 1 saturated heterocycles. The summed E-state index contributed by atoms with van der Waals surface area (Å²) in [6.07, 6.45) is 0.780. The lowest BCUT2D eigenvalue weighted by Crippen LogP contribution is -2.50. The van der Waals surface area contributed by atoms with E-state index in [1.807, 2.05) is 13.8 Å². The third-order valence-corrected chi connectivity index (χ3v) is 3.91. The maximum atomic E-state index is 12.2. The number of rotatable bonds is 2. The summed E-state index contributed by atoms with van der Waals surface area (Å²) in [7, 11) is 0. The van der Waals surface area contributed by atoms with Crippen LogP contribution in [0.3, 0.4) is 0 Å². The molecule has 4 nitrogen and oxygen atoms in total. The van der Waals surface area contributed by atoms with Crippen LogP contribution in [0, 0.1) is 0 Å². The minimum absolute atomic E-state index is 0.0122. The third kappa shape index (κ3) is 2.31. The number of carbonyl (C=O) groups excluding carboxylic acids is 1. The van der Waals surface area contributed by atoms with Crippen molar-refractivity contribution in [1.82, 2.24) is 5.32 Å². The van der Waals surface area contributed by atoms with Crippen LogP contribution in [0.25, 0.3) is 0 Å². The summed E-state index contributed by atoms with van der Waals surface area (Å²) in [6.45, 7) is 4.58. The van der Waals surface area contributed by atoms with Crippen LogP contribution in [0.2, 0.25) is 5.02 Å². The highest BCUT2D eigenvalue weighted by molar-refractivity contribution is 6.33. The van der Waals surface area contributed by atoms with E-state index in [-0.39, 0.29) is 17.6 Å². The molecule has 1 aliphatic rings. The first kappa shape index (κ1) is 13.2. The molecule has 2 rings (SSSR count). The first-order valence-electron chi connectivity index (χ1n) is 5.92. The monoisotopic (exact) mass is 268 g/mol. The number of carbonyl (C=O) groups is 1. The molecule has 3 N–H and O–H groups in total.